The third-order valence-electron chi connectivity index (χ3n) is 2.66. The lowest BCUT2D eigenvalue weighted by Gasteiger charge is -2.08. The summed E-state index contributed by atoms with van der Waals surface area (Å²) in [6, 6.07) is 0. The standard InChI is InChI=1S/C13H24O2/c1-12(8-4-10-14)6-3-7-13(2)9-5-11-15/h6,10,13,15H,3-5,7-9,11H2,1-2H3. The smallest absolute Gasteiger partial charge is 0.120 e. The van der Waals surface area contributed by atoms with Gasteiger partial charge in [-0.25, -0.2) is 0 Å². The highest BCUT2D eigenvalue weighted by atomic mass is 16.2. The molecule has 2 nitrogen and oxygen atoms in total. The van der Waals surface area contributed by atoms with Crippen LogP contribution in [-0.4, -0.2) is 18.0 Å². The third-order valence-corrected chi connectivity index (χ3v) is 2.66. The maximum atomic E-state index is 10.2. The van der Waals surface area contributed by atoms with Crippen LogP contribution in [0.25, 0.3) is 0 Å². The van der Waals surface area contributed by atoms with E-state index in [0.717, 1.165) is 32.0 Å². The Morgan fingerprint density at radius 1 is 1.33 bits per heavy atom. The molecule has 0 fully saturated rings. The number of hydrogen-bond donors (Lipinski definition) is 1. The van der Waals surface area contributed by atoms with Gasteiger partial charge in [0.05, 0.1) is 0 Å². The molecule has 1 N–H and O–H groups in total. The Labute approximate surface area is 93.4 Å². The van der Waals surface area contributed by atoms with Crippen molar-refractivity contribution >= 4 is 6.29 Å². The van der Waals surface area contributed by atoms with Crippen molar-refractivity contribution in [2.45, 2.75) is 52.4 Å². The van der Waals surface area contributed by atoms with E-state index in [1.54, 1.807) is 0 Å². The minimum Gasteiger partial charge on any atom is -0.396 e. The largest absolute Gasteiger partial charge is 0.396 e. The molecule has 0 aliphatic rings. The zero-order valence-corrected chi connectivity index (χ0v) is 10.0. The SMILES string of the molecule is CC(=CCCC(C)CCCO)CCC=O. The summed E-state index contributed by atoms with van der Waals surface area (Å²) in [5, 5.41) is 8.68. The van der Waals surface area contributed by atoms with Crippen LogP contribution in [0.1, 0.15) is 52.4 Å². The molecule has 0 radical (unpaired) electrons. The number of aldehydes is 1. The first-order valence-corrected chi connectivity index (χ1v) is 5.90. The van der Waals surface area contributed by atoms with E-state index in [4.69, 9.17) is 5.11 Å². The minimum atomic E-state index is 0.304. The quantitative estimate of drug-likeness (QED) is 0.471. The highest BCUT2D eigenvalue weighted by molar-refractivity contribution is 5.49. The fraction of sp³-hybridized carbons (Fsp3) is 0.769. The molecule has 0 heterocycles. The lowest BCUT2D eigenvalue weighted by atomic mass is 9.99. The summed E-state index contributed by atoms with van der Waals surface area (Å²) in [4.78, 5) is 10.2. The van der Waals surface area contributed by atoms with Crippen LogP contribution in [0.2, 0.25) is 0 Å². The summed E-state index contributed by atoms with van der Waals surface area (Å²) in [5.74, 6) is 0.687. The van der Waals surface area contributed by atoms with E-state index < -0.39 is 0 Å². The molecule has 2 heteroatoms. The first-order chi connectivity index (χ1) is 7.20. The first-order valence-electron chi connectivity index (χ1n) is 5.90. The molecular weight excluding hydrogens is 188 g/mol. The number of rotatable bonds is 9. The third kappa shape index (κ3) is 9.67. The van der Waals surface area contributed by atoms with Gasteiger partial charge in [0, 0.05) is 13.0 Å². The van der Waals surface area contributed by atoms with Crippen molar-refractivity contribution in [2.75, 3.05) is 6.61 Å². The molecular formula is C13H24O2. The highest BCUT2D eigenvalue weighted by Crippen LogP contribution is 2.14. The van der Waals surface area contributed by atoms with Crippen molar-refractivity contribution in [1.29, 1.82) is 0 Å². The summed E-state index contributed by atoms with van der Waals surface area (Å²) < 4.78 is 0. The van der Waals surface area contributed by atoms with E-state index in [1.165, 1.54) is 12.0 Å². The molecule has 1 unspecified atom stereocenters. The summed E-state index contributed by atoms with van der Waals surface area (Å²) in [7, 11) is 0. The predicted molar refractivity (Wildman–Crippen MR) is 63.8 cm³/mol. The Kier molecular flexibility index (Phi) is 9.49. The Hall–Kier alpha value is -0.630. The number of carbonyl (C=O) groups excluding carboxylic acids is 1. The average molecular weight is 212 g/mol. The number of aliphatic hydroxyl groups is 1. The van der Waals surface area contributed by atoms with Gasteiger partial charge in [-0.2, -0.15) is 0 Å². The Bertz CT molecular complexity index is 185. The van der Waals surface area contributed by atoms with E-state index in [1.807, 2.05) is 0 Å². The lowest BCUT2D eigenvalue weighted by Crippen LogP contribution is -1.96. The molecule has 0 bridgehead atoms. The Balaban J connectivity index is 3.52. The van der Waals surface area contributed by atoms with Crippen LogP contribution in [0, 0.1) is 5.92 Å². The monoisotopic (exact) mass is 212 g/mol. The van der Waals surface area contributed by atoms with Gasteiger partial charge in [-0.15, -0.1) is 0 Å². The summed E-state index contributed by atoms with van der Waals surface area (Å²) in [6.45, 7) is 4.62. The van der Waals surface area contributed by atoms with Gasteiger partial charge >= 0.3 is 0 Å². The van der Waals surface area contributed by atoms with E-state index >= 15 is 0 Å². The topological polar surface area (TPSA) is 37.3 Å². The van der Waals surface area contributed by atoms with Crippen molar-refractivity contribution in [3.8, 4) is 0 Å². The second-order valence-electron chi connectivity index (χ2n) is 4.30. The molecule has 0 amide bonds. The Morgan fingerprint density at radius 2 is 2.07 bits per heavy atom. The minimum absolute atomic E-state index is 0.304. The molecule has 0 rings (SSSR count). The van der Waals surface area contributed by atoms with Crippen molar-refractivity contribution in [2.24, 2.45) is 5.92 Å². The molecule has 0 aromatic heterocycles. The molecule has 15 heavy (non-hydrogen) atoms. The van der Waals surface area contributed by atoms with Crippen LogP contribution < -0.4 is 0 Å². The van der Waals surface area contributed by atoms with Gasteiger partial charge in [0.15, 0.2) is 0 Å². The van der Waals surface area contributed by atoms with Crippen molar-refractivity contribution in [3.05, 3.63) is 11.6 Å². The predicted octanol–water partition coefficient (Wildman–Crippen LogP) is 3.10. The van der Waals surface area contributed by atoms with E-state index in [0.29, 0.717) is 18.9 Å². The molecule has 88 valence electrons. The molecule has 0 saturated heterocycles. The molecule has 1 atom stereocenters. The van der Waals surface area contributed by atoms with Crippen molar-refractivity contribution in [3.63, 3.8) is 0 Å². The number of carbonyl (C=O) groups is 1. The van der Waals surface area contributed by atoms with Gasteiger partial charge in [-0.1, -0.05) is 18.6 Å². The molecule has 0 aliphatic heterocycles. The molecule has 0 spiro atoms. The first kappa shape index (κ1) is 14.4. The normalized spacial score (nSPS) is 13.9. The highest BCUT2D eigenvalue weighted by Gasteiger charge is 2.00. The average Bonchev–Trinajstić information content (AvgIpc) is 2.23. The van der Waals surface area contributed by atoms with Crippen LogP contribution in [-0.2, 0) is 4.79 Å². The van der Waals surface area contributed by atoms with Crippen LogP contribution in [0.5, 0.6) is 0 Å². The van der Waals surface area contributed by atoms with Gasteiger partial charge in [-0.3, -0.25) is 0 Å². The fourth-order valence-electron chi connectivity index (χ4n) is 1.59. The zero-order valence-electron chi connectivity index (χ0n) is 10.0. The molecule has 0 aromatic carbocycles. The van der Waals surface area contributed by atoms with Gasteiger partial charge in [0.25, 0.3) is 0 Å². The number of aliphatic hydroxyl groups excluding tert-OH is 1. The van der Waals surface area contributed by atoms with Crippen LogP contribution in [0.3, 0.4) is 0 Å². The molecule has 0 aliphatic carbocycles. The second kappa shape index (κ2) is 9.91. The van der Waals surface area contributed by atoms with Gasteiger partial charge < -0.3 is 9.90 Å². The van der Waals surface area contributed by atoms with Crippen molar-refractivity contribution < 1.29 is 9.90 Å². The summed E-state index contributed by atoms with van der Waals surface area (Å²) in [5.41, 5.74) is 1.32. The maximum Gasteiger partial charge on any atom is 0.120 e. The summed E-state index contributed by atoms with van der Waals surface area (Å²) in [6.07, 6.45) is 9.04. The summed E-state index contributed by atoms with van der Waals surface area (Å²) >= 11 is 0. The number of allylic oxidation sites excluding steroid dienone is 2. The molecule has 0 saturated carbocycles. The van der Waals surface area contributed by atoms with Crippen LogP contribution in [0.4, 0.5) is 0 Å². The second-order valence-corrected chi connectivity index (χ2v) is 4.30. The van der Waals surface area contributed by atoms with E-state index in [-0.39, 0.29) is 0 Å². The van der Waals surface area contributed by atoms with E-state index in [2.05, 4.69) is 19.9 Å². The van der Waals surface area contributed by atoms with Gasteiger partial charge in [0.1, 0.15) is 6.29 Å². The van der Waals surface area contributed by atoms with Crippen LogP contribution >= 0.6 is 0 Å². The Morgan fingerprint density at radius 3 is 2.67 bits per heavy atom. The van der Waals surface area contributed by atoms with Gasteiger partial charge in [0.2, 0.25) is 0 Å². The fourth-order valence-corrected chi connectivity index (χ4v) is 1.59. The van der Waals surface area contributed by atoms with E-state index in [9.17, 15) is 4.79 Å². The number of hydrogen-bond acceptors (Lipinski definition) is 2. The van der Waals surface area contributed by atoms with Crippen molar-refractivity contribution in [1.82, 2.24) is 0 Å². The van der Waals surface area contributed by atoms with Gasteiger partial charge in [-0.05, 0) is 44.9 Å². The molecule has 0 aromatic rings. The zero-order chi connectivity index (χ0) is 11.5. The maximum absolute atomic E-state index is 10.2. The lowest BCUT2D eigenvalue weighted by molar-refractivity contribution is -0.107. The van der Waals surface area contributed by atoms with Crippen LogP contribution in [0.15, 0.2) is 11.6 Å².